The number of nitrogens with two attached hydrogens (primary N) is 1. The number of aromatic nitrogens is 3. The van der Waals surface area contributed by atoms with E-state index in [0.29, 0.717) is 22.2 Å². The molecule has 8 heteroatoms. The van der Waals surface area contributed by atoms with E-state index in [1.54, 1.807) is 6.20 Å². The fraction of sp³-hybridized carbons (Fsp3) is 0.269. The molecule has 1 saturated carbocycles. The van der Waals surface area contributed by atoms with Crippen LogP contribution in [0.3, 0.4) is 0 Å². The minimum absolute atomic E-state index is 0.209. The highest BCUT2D eigenvalue weighted by Crippen LogP contribution is 2.36. The maximum atomic E-state index is 10.6. The number of pyridine rings is 1. The largest absolute Gasteiger partial charge is 0.381 e. The summed E-state index contributed by atoms with van der Waals surface area (Å²) in [6.45, 7) is 0. The molecule has 0 saturated heterocycles. The van der Waals surface area contributed by atoms with Crippen LogP contribution in [-0.4, -0.2) is 32.5 Å². The molecule has 0 amide bonds. The molecule has 174 valence electrons. The first-order chi connectivity index (χ1) is 16.6. The normalized spacial score (nSPS) is 15.4. The lowest BCUT2D eigenvalue weighted by atomic mass is 9.96. The van der Waals surface area contributed by atoms with Gasteiger partial charge < -0.3 is 16.2 Å². The zero-order chi connectivity index (χ0) is 23.5. The Balaban J connectivity index is 1.56. The maximum absolute atomic E-state index is 10.6. The van der Waals surface area contributed by atoms with Gasteiger partial charge in [-0.3, -0.25) is 10.3 Å². The van der Waals surface area contributed by atoms with Crippen molar-refractivity contribution in [2.45, 2.75) is 44.5 Å². The van der Waals surface area contributed by atoms with Crippen LogP contribution in [0, 0.1) is 0 Å². The maximum Gasteiger partial charge on any atom is 0.182 e. The molecule has 0 aliphatic heterocycles. The average molecular weight is 475 g/mol. The third kappa shape index (κ3) is 4.82. The SMILES string of the molecule is Nc1nc(-c2ccccc2)c(-c2cc(Cl)c3ncccc3c2)nc1NC(O)NC1CCCCC1. The Morgan fingerprint density at radius 3 is 2.50 bits per heavy atom. The molecule has 1 aliphatic carbocycles. The van der Waals surface area contributed by atoms with Crippen molar-refractivity contribution in [3.05, 3.63) is 65.8 Å². The van der Waals surface area contributed by atoms with E-state index < -0.39 is 6.35 Å². The second-order valence-corrected chi connectivity index (χ2v) is 9.01. The van der Waals surface area contributed by atoms with Crippen LogP contribution in [-0.2, 0) is 0 Å². The molecule has 5 rings (SSSR count). The molecule has 0 bridgehead atoms. The highest BCUT2D eigenvalue weighted by molar-refractivity contribution is 6.35. The summed E-state index contributed by atoms with van der Waals surface area (Å²) in [6, 6.07) is 17.7. The van der Waals surface area contributed by atoms with Crippen molar-refractivity contribution in [2.75, 3.05) is 11.1 Å². The Labute approximate surface area is 203 Å². The lowest BCUT2D eigenvalue weighted by Crippen LogP contribution is -2.44. The number of hydrogen-bond acceptors (Lipinski definition) is 7. The van der Waals surface area contributed by atoms with Gasteiger partial charge in [0.15, 0.2) is 18.0 Å². The van der Waals surface area contributed by atoms with E-state index in [-0.39, 0.29) is 11.9 Å². The molecule has 2 aromatic heterocycles. The molecule has 1 unspecified atom stereocenters. The molecule has 1 aliphatic rings. The Kier molecular flexibility index (Phi) is 6.58. The summed E-state index contributed by atoms with van der Waals surface area (Å²) in [7, 11) is 0. The van der Waals surface area contributed by atoms with Gasteiger partial charge in [-0.05, 0) is 31.0 Å². The van der Waals surface area contributed by atoms with Gasteiger partial charge in [0.25, 0.3) is 0 Å². The van der Waals surface area contributed by atoms with Crippen LogP contribution in [0.15, 0.2) is 60.8 Å². The number of nitrogens with one attached hydrogen (secondary N) is 2. The molecular weight excluding hydrogens is 448 g/mol. The van der Waals surface area contributed by atoms with Crippen LogP contribution >= 0.6 is 11.6 Å². The van der Waals surface area contributed by atoms with Gasteiger partial charge in [-0.2, -0.15) is 0 Å². The fourth-order valence-electron chi connectivity index (χ4n) is 4.50. The quantitative estimate of drug-likeness (QED) is 0.284. The summed E-state index contributed by atoms with van der Waals surface area (Å²) in [4.78, 5) is 13.9. The predicted octanol–water partition coefficient (Wildman–Crippen LogP) is 5.20. The van der Waals surface area contributed by atoms with Crippen LogP contribution in [0.1, 0.15) is 32.1 Å². The van der Waals surface area contributed by atoms with Gasteiger partial charge in [0.05, 0.1) is 21.9 Å². The summed E-state index contributed by atoms with van der Waals surface area (Å²) in [5.41, 5.74) is 9.94. The molecule has 4 aromatic rings. The van der Waals surface area contributed by atoms with E-state index in [0.717, 1.165) is 34.9 Å². The van der Waals surface area contributed by atoms with Gasteiger partial charge in [0.1, 0.15) is 0 Å². The Hall–Kier alpha value is -3.26. The van der Waals surface area contributed by atoms with Gasteiger partial charge in [0, 0.05) is 28.8 Å². The van der Waals surface area contributed by atoms with Gasteiger partial charge >= 0.3 is 0 Å². The molecule has 0 spiro atoms. The van der Waals surface area contributed by atoms with E-state index >= 15 is 0 Å². The fourth-order valence-corrected chi connectivity index (χ4v) is 4.78. The third-order valence-corrected chi connectivity index (χ3v) is 6.46. The Bertz CT molecular complexity index is 1290. The van der Waals surface area contributed by atoms with Crippen LogP contribution in [0.5, 0.6) is 0 Å². The van der Waals surface area contributed by atoms with Crippen LogP contribution < -0.4 is 16.4 Å². The van der Waals surface area contributed by atoms with Crippen LogP contribution in [0.25, 0.3) is 33.4 Å². The number of anilines is 2. The summed E-state index contributed by atoms with van der Waals surface area (Å²) in [5, 5.41) is 18.3. The highest BCUT2D eigenvalue weighted by Gasteiger charge is 2.20. The summed E-state index contributed by atoms with van der Waals surface area (Å²) in [5.74, 6) is 0.522. The number of aliphatic hydroxyl groups excluding tert-OH is 1. The van der Waals surface area contributed by atoms with Gasteiger partial charge in [-0.1, -0.05) is 67.3 Å². The number of hydrogen-bond donors (Lipinski definition) is 4. The lowest BCUT2D eigenvalue weighted by molar-refractivity contribution is 0.138. The van der Waals surface area contributed by atoms with Crippen molar-refractivity contribution >= 4 is 34.1 Å². The monoisotopic (exact) mass is 474 g/mol. The lowest BCUT2D eigenvalue weighted by Gasteiger charge is -2.26. The number of aliphatic hydroxyl groups is 1. The van der Waals surface area contributed by atoms with Gasteiger partial charge in [0.2, 0.25) is 0 Å². The highest BCUT2D eigenvalue weighted by atomic mass is 35.5. The van der Waals surface area contributed by atoms with E-state index in [2.05, 4.69) is 20.6 Å². The molecule has 1 atom stereocenters. The molecule has 5 N–H and O–H groups in total. The van der Waals surface area contributed by atoms with Crippen molar-refractivity contribution < 1.29 is 5.11 Å². The van der Waals surface area contributed by atoms with Crippen LogP contribution in [0.2, 0.25) is 5.02 Å². The van der Waals surface area contributed by atoms with Crippen molar-refractivity contribution in [3.63, 3.8) is 0 Å². The molecule has 0 radical (unpaired) electrons. The molecule has 2 heterocycles. The number of rotatable bonds is 6. The second-order valence-electron chi connectivity index (χ2n) is 8.60. The number of benzene rings is 2. The van der Waals surface area contributed by atoms with Crippen LogP contribution in [0.4, 0.5) is 11.6 Å². The van der Waals surface area contributed by atoms with E-state index in [1.165, 1.54) is 19.3 Å². The topological polar surface area (TPSA) is 109 Å². The minimum atomic E-state index is -0.987. The van der Waals surface area contributed by atoms with Crippen molar-refractivity contribution in [1.82, 2.24) is 20.3 Å². The number of nitrogens with zero attached hydrogens (tertiary/aromatic N) is 3. The summed E-state index contributed by atoms with van der Waals surface area (Å²) < 4.78 is 0. The molecule has 34 heavy (non-hydrogen) atoms. The minimum Gasteiger partial charge on any atom is -0.381 e. The Morgan fingerprint density at radius 1 is 0.941 bits per heavy atom. The smallest absolute Gasteiger partial charge is 0.182 e. The zero-order valence-electron chi connectivity index (χ0n) is 18.7. The van der Waals surface area contributed by atoms with E-state index in [4.69, 9.17) is 22.3 Å². The summed E-state index contributed by atoms with van der Waals surface area (Å²) >= 11 is 6.57. The van der Waals surface area contributed by atoms with Crippen molar-refractivity contribution in [1.29, 1.82) is 0 Å². The molecular formula is C26H27ClN6O. The Morgan fingerprint density at radius 2 is 1.71 bits per heavy atom. The standard InChI is InChI=1S/C26H27ClN6O/c27-20-15-18(14-17-10-7-13-29-21(17)20)23-22(16-8-3-1-4-9-16)31-24(28)25(32-23)33-26(34)30-19-11-5-2-6-12-19/h1,3-4,7-10,13-15,19,26,30,34H,2,5-6,11-12H2,(H2,28,31)(H,32,33). The first kappa shape index (κ1) is 22.5. The van der Waals surface area contributed by atoms with Gasteiger partial charge in [-0.25, -0.2) is 9.97 Å². The third-order valence-electron chi connectivity index (χ3n) is 6.17. The van der Waals surface area contributed by atoms with Gasteiger partial charge in [-0.15, -0.1) is 0 Å². The average Bonchev–Trinajstić information content (AvgIpc) is 2.86. The van der Waals surface area contributed by atoms with Crippen molar-refractivity contribution in [2.24, 2.45) is 0 Å². The van der Waals surface area contributed by atoms with E-state index in [9.17, 15) is 5.11 Å². The first-order valence-corrected chi connectivity index (χ1v) is 11.9. The molecule has 7 nitrogen and oxygen atoms in total. The van der Waals surface area contributed by atoms with Crippen molar-refractivity contribution in [3.8, 4) is 22.5 Å². The first-order valence-electron chi connectivity index (χ1n) is 11.6. The van der Waals surface area contributed by atoms with E-state index in [1.807, 2.05) is 54.6 Å². The summed E-state index contributed by atoms with van der Waals surface area (Å²) in [6.07, 6.45) is 6.39. The predicted molar refractivity (Wildman–Crippen MR) is 137 cm³/mol. The zero-order valence-corrected chi connectivity index (χ0v) is 19.5. The number of halogens is 1. The molecule has 1 fully saturated rings. The number of fused-ring (bicyclic) bond motifs is 1. The molecule has 2 aromatic carbocycles. The number of nitrogen functional groups attached to an aromatic ring is 1. The second kappa shape index (κ2) is 9.93.